The van der Waals surface area contributed by atoms with Crippen LogP contribution in [0.3, 0.4) is 0 Å². The quantitative estimate of drug-likeness (QED) is 0.0563. The summed E-state index contributed by atoms with van der Waals surface area (Å²) in [6.07, 6.45) is 0. The molecule has 0 saturated heterocycles. The van der Waals surface area contributed by atoms with Crippen LogP contribution in [0.25, 0.3) is 21.5 Å². The molecule has 0 amide bonds. The summed E-state index contributed by atoms with van der Waals surface area (Å²) >= 11 is 6.04. The summed E-state index contributed by atoms with van der Waals surface area (Å²) in [5.41, 5.74) is -2.71. The Balaban J connectivity index is 0.00000290. The predicted octanol–water partition coefficient (Wildman–Crippen LogP) is -8.76. The van der Waals surface area contributed by atoms with Gasteiger partial charge in [0.1, 0.15) is 47.5 Å². The molecule has 1 aromatic heterocycles. The molecule has 278 valence electrons. The molecule has 0 aliphatic rings. The Morgan fingerprint density at radius 3 is 1.93 bits per heavy atom. The van der Waals surface area contributed by atoms with Gasteiger partial charge in [0, 0.05) is 28.1 Å². The van der Waals surface area contributed by atoms with Gasteiger partial charge >= 0.3 is 118 Å². The number of carboxylic acid groups (broad SMARTS) is 1. The number of carboxylic acids is 1. The van der Waals surface area contributed by atoms with Crippen molar-refractivity contribution in [3.63, 3.8) is 0 Å². The van der Waals surface area contributed by atoms with Crippen LogP contribution in [0, 0.1) is 0 Å². The van der Waals surface area contributed by atoms with Crippen molar-refractivity contribution in [1.29, 1.82) is 0 Å². The average Bonchev–Trinajstić information content (AvgIpc) is 3.05. The molecule has 0 unspecified atom stereocenters. The minimum atomic E-state index is -5.60. The number of hydrogen-bond donors (Lipinski definition) is 4. The predicted molar refractivity (Wildman–Crippen MR) is 181 cm³/mol. The van der Waals surface area contributed by atoms with Gasteiger partial charge in [-0.2, -0.15) is 15.0 Å². The number of aromatic carboxylic acids is 1. The third-order valence-corrected chi connectivity index (χ3v) is 10.1. The third kappa shape index (κ3) is 11.6. The number of rotatable bonds is 10. The zero-order chi connectivity index (χ0) is 39.3. The van der Waals surface area contributed by atoms with E-state index in [1.165, 1.54) is 30.3 Å². The van der Waals surface area contributed by atoms with E-state index in [-0.39, 0.29) is 135 Å². The smallest absolute Gasteiger partial charge is 0.744 e. The van der Waals surface area contributed by atoms with Gasteiger partial charge in [-0.1, -0.05) is 30.3 Å². The van der Waals surface area contributed by atoms with E-state index in [1.54, 1.807) is 6.07 Å². The number of aromatic nitrogens is 3. The summed E-state index contributed by atoms with van der Waals surface area (Å²) in [6.45, 7) is 0. The van der Waals surface area contributed by atoms with Crippen LogP contribution < -0.4 is 134 Å². The zero-order valence-corrected chi connectivity index (χ0v) is 41.4. The molecule has 0 bridgehead atoms. The first kappa shape index (κ1) is 52.1. The van der Waals surface area contributed by atoms with Crippen molar-refractivity contribution in [3.05, 3.63) is 83.6 Å². The van der Waals surface area contributed by atoms with E-state index in [0.29, 0.717) is 23.6 Å². The van der Waals surface area contributed by atoms with Crippen LogP contribution in [-0.4, -0.2) is 70.0 Å². The Kier molecular flexibility index (Phi) is 18.1. The van der Waals surface area contributed by atoms with Gasteiger partial charge in [-0.15, -0.1) is 10.2 Å². The van der Waals surface area contributed by atoms with Crippen molar-refractivity contribution < 1.29 is 177 Å². The number of phenolic OH excluding ortho intramolecular Hbond substituents is 1. The fourth-order valence-electron chi connectivity index (χ4n) is 5.16. The van der Waals surface area contributed by atoms with Crippen molar-refractivity contribution in [2.24, 2.45) is 10.2 Å². The van der Waals surface area contributed by atoms with Crippen molar-refractivity contribution in [2.75, 3.05) is 10.6 Å². The topological polar surface area (TPSA) is 340 Å². The summed E-state index contributed by atoms with van der Waals surface area (Å²) in [5.74, 6) is -4.38. The zero-order valence-electron chi connectivity index (χ0n) is 30.2. The van der Waals surface area contributed by atoms with Crippen LogP contribution in [-0.2, 0) is 30.4 Å². The normalized spacial score (nSPS) is 11.5. The number of carbonyl (C=O) groups excluding carboxylic acids is 1. The van der Waals surface area contributed by atoms with Crippen molar-refractivity contribution in [2.45, 2.75) is 14.7 Å². The number of phenols is 2. The Labute approximate surface area is 421 Å². The number of hydrogen-bond acceptors (Lipinski definition) is 20. The van der Waals surface area contributed by atoms with Gasteiger partial charge < -0.3 is 44.4 Å². The molecule has 0 fully saturated rings. The molecule has 0 atom stereocenters. The van der Waals surface area contributed by atoms with Gasteiger partial charge in [0.2, 0.25) is 17.2 Å². The Morgan fingerprint density at radius 1 is 0.707 bits per heavy atom. The summed E-state index contributed by atoms with van der Waals surface area (Å²) < 4.78 is 110. The summed E-state index contributed by atoms with van der Waals surface area (Å²) in [5, 5.41) is 43.7. The molecule has 0 aliphatic carbocycles. The van der Waals surface area contributed by atoms with E-state index < -0.39 is 107 Å². The number of benzene rings is 5. The van der Waals surface area contributed by atoms with Gasteiger partial charge in [0.15, 0.2) is 5.75 Å². The van der Waals surface area contributed by atoms with Crippen LogP contribution in [0.2, 0.25) is 5.28 Å². The first-order valence-corrected chi connectivity index (χ1v) is 19.0. The fraction of sp³-hybridized carbons (Fsp3) is 0. The number of nitrogens with zero attached hydrogens (tertiary/aromatic N) is 5. The second-order valence-electron chi connectivity index (χ2n) is 10.9. The van der Waals surface area contributed by atoms with Gasteiger partial charge in [-0.3, -0.25) is 0 Å². The molecular weight excluding hydrogens is 890 g/mol. The monoisotopic (exact) mass is 905 g/mol. The van der Waals surface area contributed by atoms with E-state index in [0.717, 1.165) is 18.2 Å². The summed E-state index contributed by atoms with van der Waals surface area (Å²) in [6, 6.07) is 13.3. The second kappa shape index (κ2) is 20.2. The van der Waals surface area contributed by atoms with E-state index in [4.69, 9.17) is 11.6 Å². The molecule has 0 aliphatic heterocycles. The van der Waals surface area contributed by atoms with E-state index in [1.807, 2.05) is 0 Å². The number of aromatic hydroxyl groups is 2. The fourth-order valence-corrected chi connectivity index (χ4v) is 7.32. The second-order valence-corrected chi connectivity index (χ2v) is 15.2. The Morgan fingerprint density at radius 2 is 1.34 bits per heavy atom. The van der Waals surface area contributed by atoms with Gasteiger partial charge in [-0.25, -0.2) is 25.3 Å². The largest absolute Gasteiger partial charge is 1.00 e. The average molecular weight is 906 g/mol. The number of azo groups is 1. The van der Waals surface area contributed by atoms with Crippen LogP contribution in [0.15, 0.2) is 97.7 Å². The number of carbonyl (C=O) groups is 1. The number of anilines is 4. The van der Waals surface area contributed by atoms with Crippen molar-refractivity contribution >= 4 is 104 Å². The van der Waals surface area contributed by atoms with Gasteiger partial charge in [0.25, 0.3) is 0 Å². The molecule has 0 saturated carbocycles. The Hall–Kier alpha value is -2.08. The van der Waals surface area contributed by atoms with Crippen LogP contribution >= 0.6 is 11.6 Å². The molecule has 20 nitrogen and oxygen atoms in total. The number of nitrogens with one attached hydrogen (secondary N) is 2. The molecule has 28 heteroatoms. The van der Waals surface area contributed by atoms with Crippen molar-refractivity contribution in [1.82, 2.24) is 15.0 Å². The molecule has 1 heterocycles. The molecule has 5 aromatic carbocycles. The molecule has 6 aromatic rings. The van der Waals surface area contributed by atoms with Crippen LogP contribution in [0.4, 0.5) is 34.6 Å². The van der Waals surface area contributed by atoms with E-state index >= 15 is 0 Å². The number of halogens is 1. The molecule has 58 heavy (non-hydrogen) atoms. The molecule has 6 rings (SSSR count). The summed E-state index contributed by atoms with van der Waals surface area (Å²) in [7, 11) is -16.2. The maximum absolute atomic E-state index is 12.4. The minimum Gasteiger partial charge on any atom is -0.744 e. The third-order valence-electron chi connectivity index (χ3n) is 7.38. The number of fused-ring (bicyclic) bond motifs is 2. The maximum Gasteiger partial charge on any atom is 1.00 e. The minimum absolute atomic E-state index is 0. The van der Waals surface area contributed by atoms with Crippen molar-refractivity contribution in [3.8, 4) is 11.5 Å². The van der Waals surface area contributed by atoms with Crippen LogP contribution in [0.1, 0.15) is 10.4 Å². The van der Waals surface area contributed by atoms with E-state index in [9.17, 15) is 59.0 Å². The molecular formula is C30H16ClN7Na4O13S3. The standard InChI is InChI=1S/C30H20ClN7O13S3.4Na/c31-28-34-29(32-15-6-7-18(27(41)42)21(39)11-15)36-30(35-28)33-20-12-16(52(43,44)45)9-14-10-22(53(46,47)48)24(25(40)23(14)20)38-37-19-8-5-13-3-1-2-4-17(13)26(19)54(49,50)51;;;;/h1-12,39-40H,(H,41,42)(H,43,44,45)(H,46,47,48)(H,49,50,51)(H2,32,33,34,35,36);;;;/q;4*+1/p-4. The van der Waals surface area contributed by atoms with Crippen LogP contribution in [0.5, 0.6) is 11.5 Å². The first-order chi connectivity index (χ1) is 25.2. The molecule has 4 N–H and O–H groups in total. The first-order valence-electron chi connectivity index (χ1n) is 14.4. The molecule has 0 spiro atoms. The maximum atomic E-state index is 12.4. The summed E-state index contributed by atoms with van der Waals surface area (Å²) in [4.78, 5) is 19.7. The van der Waals surface area contributed by atoms with E-state index in [2.05, 4.69) is 35.8 Å². The Bertz CT molecular complexity index is 2970. The van der Waals surface area contributed by atoms with Gasteiger partial charge in [0.05, 0.1) is 26.3 Å². The SMILES string of the molecule is O=C([O-])c1ccc(Nc2nc(Cl)nc(Nc3cc(S(=O)(=O)[O-])cc4cc(S(=O)(=O)[O-])c(N=Nc5ccc6ccccc6c5S(=O)(=O)[O-])c(O)c34)n2)cc1O.[Na+].[Na+].[Na+].[Na+]. The van der Waals surface area contributed by atoms with Gasteiger partial charge in [-0.05, 0) is 58.8 Å². The molecule has 0 radical (unpaired) electrons.